The second kappa shape index (κ2) is 6.49. The summed E-state index contributed by atoms with van der Waals surface area (Å²) >= 11 is 5.84. The summed E-state index contributed by atoms with van der Waals surface area (Å²) < 4.78 is 0. The predicted octanol–water partition coefficient (Wildman–Crippen LogP) is 3.44. The molecular formula is C18H12ClNO5. The summed E-state index contributed by atoms with van der Waals surface area (Å²) in [6.07, 6.45) is 0. The van der Waals surface area contributed by atoms with E-state index >= 15 is 0 Å². The van der Waals surface area contributed by atoms with Gasteiger partial charge in [0.1, 0.15) is 5.76 Å². The molecular weight excluding hydrogens is 346 g/mol. The van der Waals surface area contributed by atoms with Crippen LogP contribution in [0.2, 0.25) is 5.02 Å². The normalized spacial score (nSPS) is 15.1. The molecule has 0 aliphatic heterocycles. The number of fused-ring (bicyclic) bond motifs is 1. The Bertz CT molecular complexity index is 917. The third kappa shape index (κ3) is 3.04. The molecule has 25 heavy (non-hydrogen) atoms. The molecule has 1 aliphatic rings. The highest BCUT2D eigenvalue weighted by molar-refractivity contribution is 6.52. The third-order valence-corrected chi connectivity index (χ3v) is 4.34. The van der Waals surface area contributed by atoms with E-state index in [1.165, 1.54) is 36.4 Å². The molecule has 0 heterocycles. The molecule has 0 fully saturated rings. The van der Waals surface area contributed by atoms with Gasteiger partial charge in [-0.1, -0.05) is 48.0 Å². The van der Waals surface area contributed by atoms with Gasteiger partial charge in [0.2, 0.25) is 18.1 Å². The molecule has 0 unspecified atom stereocenters. The summed E-state index contributed by atoms with van der Waals surface area (Å²) in [5.41, 5.74) is 0.444. The Labute approximate surface area is 147 Å². The van der Waals surface area contributed by atoms with E-state index in [0.29, 0.717) is 10.6 Å². The van der Waals surface area contributed by atoms with Gasteiger partial charge in [-0.25, -0.2) is 0 Å². The number of Topliss-reactive ketones (excluding diaryl/α,β-unsaturated/α-hetero) is 2. The van der Waals surface area contributed by atoms with Crippen molar-refractivity contribution in [2.45, 2.75) is 5.92 Å². The van der Waals surface area contributed by atoms with Crippen LogP contribution in [-0.4, -0.2) is 28.1 Å². The molecule has 0 bridgehead atoms. The van der Waals surface area contributed by atoms with Crippen molar-refractivity contribution in [2.24, 2.45) is 0 Å². The number of rotatable bonds is 4. The zero-order valence-electron chi connectivity index (χ0n) is 12.8. The lowest BCUT2D eigenvalue weighted by molar-refractivity contribution is -0.481. The predicted molar refractivity (Wildman–Crippen MR) is 91.4 cm³/mol. The van der Waals surface area contributed by atoms with Crippen LogP contribution >= 0.6 is 11.6 Å². The lowest BCUT2D eigenvalue weighted by Gasteiger charge is -2.22. The Morgan fingerprint density at radius 2 is 1.60 bits per heavy atom. The quantitative estimate of drug-likeness (QED) is 0.513. The minimum atomic E-state index is -1.06. The molecule has 0 amide bonds. The monoisotopic (exact) mass is 357 g/mol. The molecule has 0 saturated heterocycles. The zero-order chi connectivity index (χ0) is 18.1. The Morgan fingerprint density at radius 1 is 1.00 bits per heavy atom. The average molecular weight is 358 g/mol. The maximum atomic E-state index is 12.5. The Kier molecular flexibility index (Phi) is 4.37. The standard InChI is InChI=1S/C18H12ClNO5/c19-11-7-5-10(6-8-11)14(9-20(24)25)15-16(21)12-3-1-2-4-13(12)17(22)18(15)23/h1-8,14,21H,9H2/t14-/m0/s1. The van der Waals surface area contributed by atoms with Gasteiger partial charge in [0, 0.05) is 21.1 Å². The number of carbonyl (C=O) groups excluding carboxylic acids is 2. The first-order valence-corrected chi connectivity index (χ1v) is 7.76. The Morgan fingerprint density at radius 3 is 2.20 bits per heavy atom. The van der Waals surface area contributed by atoms with Crippen molar-refractivity contribution in [3.05, 3.63) is 85.9 Å². The van der Waals surface area contributed by atoms with Gasteiger partial charge in [0.05, 0.1) is 11.5 Å². The van der Waals surface area contributed by atoms with E-state index in [-0.39, 0.29) is 16.7 Å². The van der Waals surface area contributed by atoms with Gasteiger partial charge in [0.15, 0.2) is 0 Å². The molecule has 0 spiro atoms. The number of halogens is 1. The number of aliphatic hydroxyl groups excluding tert-OH is 1. The number of benzene rings is 2. The van der Waals surface area contributed by atoms with Gasteiger partial charge in [-0.15, -0.1) is 0 Å². The minimum absolute atomic E-state index is 0.0877. The van der Waals surface area contributed by atoms with Gasteiger partial charge in [-0.05, 0) is 17.7 Å². The molecule has 2 aromatic carbocycles. The Balaban J connectivity index is 2.20. The van der Waals surface area contributed by atoms with Crippen molar-refractivity contribution in [1.82, 2.24) is 0 Å². The molecule has 0 aromatic heterocycles. The van der Waals surface area contributed by atoms with Crippen LogP contribution in [0.1, 0.15) is 27.4 Å². The smallest absolute Gasteiger partial charge is 0.234 e. The molecule has 1 atom stereocenters. The molecule has 1 N–H and O–H groups in total. The number of aliphatic hydroxyl groups is 1. The van der Waals surface area contributed by atoms with Gasteiger partial charge >= 0.3 is 0 Å². The van der Waals surface area contributed by atoms with Crippen LogP contribution in [0.25, 0.3) is 5.76 Å². The van der Waals surface area contributed by atoms with Crippen LogP contribution < -0.4 is 0 Å². The average Bonchev–Trinajstić information content (AvgIpc) is 2.59. The van der Waals surface area contributed by atoms with Crippen LogP contribution in [0.3, 0.4) is 0 Å². The summed E-state index contributed by atoms with van der Waals surface area (Å²) in [6.45, 7) is -0.637. The van der Waals surface area contributed by atoms with Gasteiger partial charge in [0.25, 0.3) is 0 Å². The molecule has 1 aliphatic carbocycles. The van der Waals surface area contributed by atoms with E-state index in [0.717, 1.165) is 0 Å². The molecule has 126 valence electrons. The highest BCUT2D eigenvalue weighted by Gasteiger charge is 2.39. The summed E-state index contributed by atoms with van der Waals surface area (Å²) in [6, 6.07) is 12.3. The fraction of sp³-hybridized carbons (Fsp3) is 0.111. The van der Waals surface area contributed by atoms with Crippen molar-refractivity contribution in [1.29, 1.82) is 0 Å². The number of hydrogen-bond acceptors (Lipinski definition) is 5. The number of nitro groups is 1. The van der Waals surface area contributed by atoms with Crippen molar-refractivity contribution in [2.75, 3.05) is 6.54 Å². The molecule has 0 radical (unpaired) electrons. The van der Waals surface area contributed by atoms with E-state index < -0.39 is 34.7 Å². The minimum Gasteiger partial charge on any atom is -0.507 e. The number of ketones is 2. The van der Waals surface area contributed by atoms with E-state index in [4.69, 9.17) is 11.6 Å². The highest BCUT2D eigenvalue weighted by atomic mass is 35.5. The fourth-order valence-corrected chi connectivity index (χ4v) is 3.04. The third-order valence-electron chi connectivity index (χ3n) is 4.09. The molecule has 7 heteroatoms. The van der Waals surface area contributed by atoms with Crippen LogP contribution in [0.5, 0.6) is 0 Å². The van der Waals surface area contributed by atoms with Crippen LogP contribution in [-0.2, 0) is 4.79 Å². The van der Waals surface area contributed by atoms with E-state index in [1.807, 2.05) is 0 Å². The Hall–Kier alpha value is -2.99. The van der Waals surface area contributed by atoms with Crippen molar-refractivity contribution >= 4 is 28.9 Å². The van der Waals surface area contributed by atoms with E-state index in [1.54, 1.807) is 12.1 Å². The van der Waals surface area contributed by atoms with Crippen LogP contribution in [0.15, 0.2) is 54.1 Å². The second-order valence-electron chi connectivity index (χ2n) is 5.59. The fourth-order valence-electron chi connectivity index (χ4n) is 2.92. The topological polar surface area (TPSA) is 97.5 Å². The SMILES string of the molecule is O=C1C(=O)c2ccccc2C(O)=C1[C@@H](C[N+](=O)[O-])c1ccc(Cl)cc1. The summed E-state index contributed by atoms with van der Waals surface area (Å²) in [5.74, 6) is -3.18. The lowest BCUT2D eigenvalue weighted by atomic mass is 9.79. The van der Waals surface area contributed by atoms with Gasteiger partial charge < -0.3 is 5.11 Å². The highest BCUT2D eigenvalue weighted by Crippen LogP contribution is 2.36. The molecule has 3 rings (SSSR count). The summed E-state index contributed by atoms with van der Waals surface area (Å²) in [5, 5.41) is 22.1. The van der Waals surface area contributed by atoms with Crippen LogP contribution in [0, 0.1) is 10.1 Å². The lowest BCUT2D eigenvalue weighted by Crippen LogP contribution is -2.30. The largest absolute Gasteiger partial charge is 0.507 e. The maximum Gasteiger partial charge on any atom is 0.234 e. The van der Waals surface area contributed by atoms with Gasteiger partial charge in [-0.2, -0.15) is 0 Å². The number of hydrogen-bond donors (Lipinski definition) is 1. The first-order chi connectivity index (χ1) is 11.9. The van der Waals surface area contributed by atoms with E-state index in [2.05, 4.69) is 0 Å². The van der Waals surface area contributed by atoms with Crippen molar-refractivity contribution in [3.63, 3.8) is 0 Å². The maximum absolute atomic E-state index is 12.5. The van der Waals surface area contributed by atoms with E-state index in [9.17, 15) is 24.8 Å². The molecule has 2 aromatic rings. The zero-order valence-corrected chi connectivity index (χ0v) is 13.6. The number of nitrogens with zero attached hydrogens (tertiary/aromatic N) is 1. The number of carbonyl (C=O) groups is 2. The molecule has 0 saturated carbocycles. The van der Waals surface area contributed by atoms with Crippen molar-refractivity contribution in [3.8, 4) is 0 Å². The summed E-state index contributed by atoms with van der Waals surface area (Å²) in [7, 11) is 0. The molecule has 6 nitrogen and oxygen atoms in total. The summed E-state index contributed by atoms with van der Waals surface area (Å²) in [4.78, 5) is 35.4. The first kappa shape index (κ1) is 16.9. The van der Waals surface area contributed by atoms with Gasteiger partial charge in [-0.3, -0.25) is 19.7 Å². The second-order valence-corrected chi connectivity index (χ2v) is 6.02. The first-order valence-electron chi connectivity index (χ1n) is 7.39. The van der Waals surface area contributed by atoms with Crippen molar-refractivity contribution < 1.29 is 19.6 Å². The van der Waals surface area contributed by atoms with Crippen LogP contribution in [0.4, 0.5) is 0 Å².